The summed E-state index contributed by atoms with van der Waals surface area (Å²) in [5.41, 5.74) is 13.2. The van der Waals surface area contributed by atoms with Gasteiger partial charge in [-0.1, -0.05) is 84.9 Å². The van der Waals surface area contributed by atoms with Crippen LogP contribution in [-0.2, 0) is 6.54 Å². The fourth-order valence-electron chi connectivity index (χ4n) is 6.05. The van der Waals surface area contributed by atoms with Crippen molar-refractivity contribution < 1.29 is 0 Å². The molecule has 1 N–H and O–H groups in total. The van der Waals surface area contributed by atoms with Gasteiger partial charge >= 0.3 is 0 Å². The highest BCUT2D eigenvalue weighted by Crippen LogP contribution is 2.35. The number of benzene rings is 4. The largest absolute Gasteiger partial charge is 0.387 e. The lowest BCUT2D eigenvalue weighted by Gasteiger charge is -2.14. The van der Waals surface area contributed by atoms with Crippen molar-refractivity contribution in [1.29, 1.82) is 0 Å². The molecule has 0 saturated carbocycles. The molecule has 8 rings (SSSR count). The van der Waals surface area contributed by atoms with Crippen molar-refractivity contribution >= 4 is 17.0 Å². The molecular formula is C39H28N4. The van der Waals surface area contributed by atoms with Crippen LogP contribution in [0.1, 0.15) is 11.3 Å². The summed E-state index contributed by atoms with van der Waals surface area (Å²) in [6.07, 6.45) is 6.03. The van der Waals surface area contributed by atoms with E-state index in [1.807, 2.05) is 36.7 Å². The molecular weight excluding hydrogens is 524 g/mol. The van der Waals surface area contributed by atoms with Crippen LogP contribution in [0.15, 0.2) is 146 Å². The van der Waals surface area contributed by atoms with Crippen LogP contribution in [0.25, 0.3) is 67.6 Å². The van der Waals surface area contributed by atoms with Crippen LogP contribution in [0.5, 0.6) is 0 Å². The van der Waals surface area contributed by atoms with Gasteiger partial charge in [0.2, 0.25) is 0 Å². The summed E-state index contributed by atoms with van der Waals surface area (Å²) in [5, 5.41) is 4.66. The quantitative estimate of drug-likeness (QED) is 0.232. The van der Waals surface area contributed by atoms with E-state index >= 15 is 0 Å². The molecule has 1 aliphatic heterocycles. The second kappa shape index (κ2) is 10.6. The highest BCUT2D eigenvalue weighted by molar-refractivity contribution is 5.90. The number of hydrogen-bond donors (Lipinski definition) is 1. The van der Waals surface area contributed by atoms with Gasteiger partial charge in [-0.25, -0.2) is 4.98 Å². The van der Waals surface area contributed by atoms with E-state index in [1.165, 1.54) is 33.3 Å². The van der Waals surface area contributed by atoms with E-state index in [-0.39, 0.29) is 0 Å². The zero-order valence-corrected chi connectivity index (χ0v) is 23.5. The Labute approximate surface area is 250 Å². The second-order valence-electron chi connectivity index (χ2n) is 10.8. The van der Waals surface area contributed by atoms with Crippen LogP contribution in [0.3, 0.4) is 0 Å². The van der Waals surface area contributed by atoms with E-state index < -0.39 is 0 Å². The minimum Gasteiger partial charge on any atom is -0.387 e. The molecule has 7 aromatic rings. The topological polar surface area (TPSA) is 42.7 Å². The van der Waals surface area contributed by atoms with Gasteiger partial charge in [-0.05, 0) is 83.1 Å². The van der Waals surface area contributed by atoms with Gasteiger partial charge in [0.1, 0.15) is 0 Å². The van der Waals surface area contributed by atoms with Crippen molar-refractivity contribution in [3.05, 3.63) is 157 Å². The van der Waals surface area contributed by atoms with E-state index in [0.29, 0.717) is 0 Å². The average molecular weight is 553 g/mol. The zero-order valence-electron chi connectivity index (χ0n) is 23.5. The Kier molecular flexibility index (Phi) is 6.16. The van der Waals surface area contributed by atoms with Crippen molar-refractivity contribution in [2.45, 2.75) is 6.54 Å². The number of pyridine rings is 2. The average Bonchev–Trinajstić information content (AvgIpc) is 3.43. The van der Waals surface area contributed by atoms with Crippen molar-refractivity contribution in [2.24, 2.45) is 0 Å². The lowest BCUT2D eigenvalue weighted by atomic mass is 9.98. The third kappa shape index (κ3) is 4.59. The Morgan fingerprint density at radius 3 is 2.16 bits per heavy atom. The molecule has 0 bridgehead atoms. The molecule has 0 aliphatic carbocycles. The Bertz CT molecular complexity index is 2110. The summed E-state index contributed by atoms with van der Waals surface area (Å²) < 4.78 is 2.36. The third-order valence-corrected chi connectivity index (χ3v) is 8.14. The minimum absolute atomic E-state index is 0.832. The molecule has 4 heterocycles. The number of aromatic nitrogens is 3. The lowest BCUT2D eigenvalue weighted by molar-refractivity contribution is 0.855. The molecule has 1 aliphatic rings. The fraction of sp³-hybridized carbons (Fsp3) is 0.0256. The van der Waals surface area contributed by atoms with Crippen molar-refractivity contribution in [3.8, 4) is 50.6 Å². The maximum Gasteiger partial charge on any atom is 0.0899 e. The van der Waals surface area contributed by atoms with Crippen LogP contribution in [0.2, 0.25) is 0 Å². The van der Waals surface area contributed by atoms with Gasteiger partial charge in [0, 0.05) is 34.9 Å². The first-order valence-corrected chi connectivity index (χ1v) is 14.5. The Hall–Kier alpha value is -5.74. The first-order chi connectivity index (χ1) is 21.3. The SMILES string of the molecule is C1=Cc2c(c3ccccc3n2-c2ccc(-c3cc(-c4cccc(-c5ccccc5)c4)nc(-c4ccccn4)c3)cc2)CN1. The highest BCUT2D eigenvalue weighted by atomic mass is 15.0. The molecule has 4 heteroatoms. The summed E-state index contributed by atoms with van der Waals surface area (Å²) in [6.45, 7) is 0.832. The molecule has 204 valence electrons. The standard InChI is InChI=1S/C39H28N4/c1-2-9-27(10-3-1)29-11-8-12-30(23-29)36-24-31(25-37(42-36)35-14-6-7-21-41-35)28-16-18-32(19-17-28)43-38-15-5-4-13-33(38)34-26-40-22-20-39(34)43/h1-25,40H,26H2. The van der Waals surface area contributed by atoms with E-state index in [9.17, 15) is 0 Å². The van der Waals surface area contributed by atoms with Gasteiger partial charge in [-0.15, -0.1) is 0 Å². The summed E-state index contributed by atoms with van der Waals surface area (Å²) in [7, 11) is 0. The maximum atomic E-state index is 5.09. The van der Waals surface area contributed by atoms with E-state index in [2.05, 4.69) is 130 Å². The first-order valence-electron chi connectivity index (χ1n) is 14.5. The molecule has 0 spiro atoms. The minimum atomic E-state index is 0.832. The Morgan fingerprint density at radius 1 is 0.558 bits per heavy atom. The fourth-order valence-corrected chi connectivity index (χ4v) is 6.05. The smallest absolute Gasteiger partial charge is 0.0899 e. The van der Waals surface area contributed by atoms with Crippen LogP contribution in [0.4, 0.5) is 0 Å². The molecule has 3 aromatic heterocycles. The number of para-hydroxylation sites is 1. The summed E-state index contributed by atoms with van der Waals surface area (Å²) in [5.74, 6) is 0. The summed E-state index contributed by atoms with van der Waals surface area (Å²) in [4.78, 5) is 9.72. The van der Waals surface area contributed by atoms with Gasteiger partial charge in [-0.3, -0.25) is 4.98 Å². The number of hydrogen-bond acceptors (Lipinski definition) is 3. The van der Waals surface area contributed by atoms with Crippen LogP contribution in [0, 0.1) is 0 Å². The predicted molar refractivity (Wildman–Crippen MR) is 176 cm³/mol. The Balaban J connectivity index is 1.24. The van der Waals surface area contributed by atoms with Gasteiger partial charge < -0.3 is 9.88 Å². The van der Waals surface area contributed by atoms with Gasteiger partial charge in [-0.2, -0.15) is 0 Å². The van der Waals surface area contributed by atoms with Crippen molar-refractivity contribution in [1.82, 2.24) is 19.9 Å². The molecule has 0 amide bonds. The molecule has 43 heavy (non-hydrogen) atoms. The van der Waals surface area contributed by atoms with Crippen LogP contribution in [-0.4, -0.2) is 14.5 Å². The third-order valence-electron chi connectivity index (χ3n) is 8.14. The second-order valence-corrected chi connectivity index (χ2v) is 10.8. The van der Waals surface area contributed by atoms with Gasteiger partial charge in [0.25, 0.3) is 0 Å². The monoisotopic (exact) mass is 552 g/mol. The number of fused-ring (bicyclic) bond motifs is 3. The first kappa shape index (κ1) is 25.0. The Morgan fingerprint density at radius 2 is 1.30 bits per heavy atom. The van der Waals surface area contributed by atoms with Crippen LogP contribution < -0.4 is 5.32 Å². The van der Waals surface area contributed by atoms with Gasteiger partial charge in [0.15, 0.2) is 0 Å². The number of rotatable bonds is 5. The molecule has 0 unspecified atom stereocenters. The normalized spacial score (nSPS) is 12.2. The maximum absolute atomic E-state index is 5.09. The van der Waals surface area contributed by atoms with Crippen LogP contribution >= 0.6 is 0 Å². The van der Waals surface area contributed by atoms with Gasteiger partial charge in [0.05, 0.1) is 28.3 Å². The molecule has 4 aromatic carbocycles. The molecule has 0 saturated heterocycles. The molecule has 0 fully saturated rings. The van der Waals surface area contributed by atoms with Crippen molar-refractivity contribution in [3.63, 3.8) is 0 Å². The number of nitrogens with zero attached hydrogens (tertiary/aromatic N) is 3. The molecule has 0 radical (unpaired) electrons. The lowest BCUT2D eigenvalue weighted by Crippen LogP contribution is -2.10. The summed E-state index contributed by atoms with van der Waals surface area (Å²) in [6, 6.07) is 46.9. The van der Waals surface area contributed by atoms with E-state index in [4.69, 9.17) is 4.98 Å². The highest BCUT2D eigenvalue weighted by Gasteiger charge is 2.18. The van der Waals surface area contributed by atoms with E-state index in [1.54, 1.807) is 0 Å². The molecule has 4 nitrogen and oxygen atoms in total. The van der Waals surface area contributed by atoms with Crippen molar-refractivity contribution in [2.75, 3.05) is 0 Å². The summed E-state index contributed by atoms with van der Waals surface area (Å²) >= 11 is 0. The van der Waals surface area contributed by atoms with E-state index in [0.717, 1.165) is 46.0 Å². The predicted octanol–water partition coefficient (Wildman–Crippen LogP) is 9.16. The number of nitrogens with one attached hydrogen (secondary N) is 1. The zero-order chi connectivity index (χ0) is 28.6. The molecule has 0 atom stereocenters.